The van der Waals surface area contributed by atoms with Crippen LogP contribution in [-0.2, 0) is 4.74 Å². The van der Waals surface area contributed by atoms with Crippen LogP contribution in [0.15, 0.2) is 53.7 Å². The maximum Gasteiger partial charge on any atom is 0.136 e. The summed E-state index contributed by atoms with van der Waals surface area (Å²) in [4.78, 5) is 4.86. The predicted octanol–water partition coefficient (Wildman–Crippen LogP) is 4.23. The van der Waals surface area contributed by atoms with Crippen LogP contribution in [0.5, 0.6) is 0 Å². The molecular formula is C16H16FNOS. The van der Waals surface area contributed by atoms with Gasteiger partial charge >= 0.3 is 0 Å². The van der Waals surface area contributed by atoms with E-state index in [9.17, 15) is 4.39 Å². The number of thioether (sulfide) groups is 1. The van der Waals surface area contributed by atoms with Crippen molar-refractivity contribution in [2.24, 2.45) is 0 Å². The standard InChI is InChI=1S/C16H16FNOS/c17-14-5-1-2-6-16(14)20-13-7-9-19-15(10-13)12-4-3-8-18-11-12/h1-6,8,11,13,15H,7,9-10H2/t13-,15-/m0/s1. The van der Waals surface area contributed by atoms with Crippen molar-refractivity contribution in [1.29, 1.82) is 0 Å². The average molecular weight is 289 g/mol. The molecule has 2 heterocycles. The molecule has 0 aliphatic carbocycles. The molecular weight excluding hydrogens is 273 g/mol. The number of rotatable bonds is 3. The molecule has 2 aromatic rings. The van der Waals surface area contributed by atoms with Crippen LogP contribution in [-0.4, -0.2) is 16.8 Å². The number of benzene rings is 1. The van der Waals surface area contributed by atoms with E-state index in [1.54, 1.807) is 24.0 Å². The summed E-state index contributed by atoms with van der Waals surface area (Å²) >= 11 is 1.61. The summed E-state index contributed by atoms with van der Waals surface area (Å²) in [6.07, 6.45) is 5.53. The Balaban J connectivity index is 1.68. The topological polar surface area (TPSA) is 22.1 Å². The first kappa shape index (κ1) is 13.6. The first-order valence-corrected chi connectivity index (χ1v) is 7.63. The highest BCUT2D eigenvalue weighted by atomic mass is 32.2. The SMILES string of the molecule is Fc1ccccc1S[C@H]1CCO[C@H](c2cccnc2)C1. The summed E-state index contributed by atoms with van der Waals surface area (Å²) in [5.41, 5.74) is 1.10. The van der Waals surface area contributed by atoms with Crippen LogP contribution in [0.4, 0.5) is 4.39 Å². The first-order chi connectivity index (χ1) is 9.83. The Labute approximate surface area is 122 Å². The molecule has 0 radical (unpaired) electrons. The quantitative estimate of drug-likeness (QED) is 0.844. The lowest BCUT2D eigenvalue weighted by Crippen LogP contribution is -2.21. The van der Waals surface area contributed by atoms with E-state index in [1.807, 2.05) is 30.5 Å². The normalized spacial score (nSPS) is 22.6. The number of ether oxygens (including phenoxy) is 1. The lowest BCUT2D eigenvalue weighted by atomic mass is 10.0. The predicted molar refractivity (Wildman–Crippen MR) is 78.2 cm³/mol. The van der Waals surface area contributed by atoms with E-state index in [-0.39, 0.29) is 11.9 Å². The van der Waals surface area contributed by atoms with Gasteiger partial charge in [-0.15, -0.1) is 11.8 Å². The number of aromatic nitrogens is 1. The molecule has 0 saturated carbocycles. The maximum absolute atomic E-state index is 13.7. The van der Waals surface area contributed by atoms with Crippen molar-refractivity contribution in [1.82, 2.24) is 4.98 Å². The second-order valence-corrected chi connectivity index (χ2v) is 6.18. The lowest BCUT2D eigenvalue weighted by molar-refractivity contribution is 0.0176. The number of pyridine rings is 1. The minimum atomic E-state index is -0.137. The molecule has 2 nitrogen and oxygen atoms in total. The number of hydrogen-bond acceptors (Lipinski definition) is 3. The van der Waals surface area contributed by atoms with E-state index in [0.717, 1.165) is 23.3 Å². The fourth-order valence-electron chi connectivity index (χ4n) is 2.39. The van der Waals surface area contributed by atoms with Gasteiger partial charge in [0, 0.05) is 29.1 Å². The average Bonchev–Trinajstić information content (AvgIpc) is 2.51. The van der Waals surface area contributed by atoms with Crippen molar-refractivity contribution in [2.75, 3.05) is 6.61 Å². The summed E-state index contributed by atoms with van der Waals surface area (Å²) in [6, 6.07) is 10.9. The molecule has 0 spiro atoms. The van der Waals surface area contributed by atoms with Crippen molar-refractivity contribution < 1.29 is 9.13 Å². The highest BCUT2D eigenvalue weighted by Crippen LogP contribution is 2.37. The second kappa shape index (κ2) is 6.37. The van der Waals surface area contributed by atoms with Gasteiger partial charge in [-0.3, -0.25) is 4.98 Å². The van der Waals surface area contributed by atoms with Gasteiger partial charge in [-0.25, -0.2) is 4.39 Å². The van der Waals surface area contributed by atoms with Gasteiger partial charge in [0.15, 0.2) is 0 Å². The smallest absolute Gasteiger partial charge is 0.136 e. The van der Waals surface area contributed by atoms with Gasteiger partial charge in [-0.1, -0.05) is 18.2 Å². The maximum atomic E-state index is 13.7. The summed E-state index contributed by atoms with van der Waals surface area (Å²) < 4.78 is 19.5. The Morgan fingerprint density at radius 2 is 2.10 bits per heavy atom. The summed E-state index contributed by atoms with van der Waals surface area (Å²) in [5.74, 6) is -0.137. The Morgan fingerprint density at radius 1 is 1.20 bits per heavy atom. The number of nitrogens with zero attached hydrogens (tertiary/aromatic N) is 1. The van der Waals surface area contributed by atoms with Crippen LogP contribution >= 0.6 is 11.8 Å². The van der Waals surface area contributed by atoms with E-state index in [0.29, 0.717) is 11.9 Å². The largest absolute Gasteiger partial charge is 0.373 e. The van der Waals surface area contributed by atoms with E-state index in [4.69, 9.17) is 4.74 Å². The van der Waals surface area contributed by atoms with Crippen LogP contribution in [0, 0.1) is 5.82 Å². The number of halogens is 1. The third-order valence-electron chi connectivity index (χ3n) is 3.42. The van der Waals surface area contributed by atoms with Crippen molar-refractivity contribution in [2.45, 2.75) is 29.1 Å². The van der Waals surface area contributed by atoms with E-state index in [1.165, 1.54) is 6.07 Å². The molecule has 1 aliphatic heterocycles. The van der Waals surface area contributed by atoms with E-state index >= 15 is 0 Å². The third-order valence-corrected chi connectivity index (χ3v) is 4.77. The zero-order chi connectivity index (χ0) is 13.8. The molecule has 0 bridgehead atoms. The Kier molecular flexibility index (Phi) is 4.33. The van der Waals surface area contributed by atoms with Gasteiger partial charge in [-0.2, -0.15) is 0 Å². The molecule has 1 saturated heterocycles. The summed E-state index contributed by atoms with van der Waals surface area (Å²) in [5, 5.41) is 0.380. The fraction of sp³-hybridized carbons (Fsp3) is 0.312. The van der Waals surface area contributed by atoms with Crippen molar-refractivity contribution in [3.05, 3.63) is 60.2 Å². The molecule has 0 amide bonds. The molecule has 1 aromatic carbocycles. The Hall–Kier alpha value is -1.39. The molecule has 3 rings (SSSR count). The summed E-state index contributed by atoms with van der Waals surface area (Å²) in [7, 11) is 0. The van der Waals surface area contributed by atoms with Gasteiger partial charge in [-0.05, 0) is 36.6 Å². The highest BCUT2D eigenvalue weighted by Gasteiger charge is 2.25. The number of hydrogen-bond donors (Lipinski definition) is 0. The van der Waals surface area contributed by atoms with Crippen LogP contribution in [0.3, 0.4) is 0 Å². The van der Waals surface area contributed by atoms with Crippen LogP contribution in [0.1, 0.15) is 24.5 Å². The van der Waals surface area contributed by atoms with Gasteiger partial charge in [0.25, 0.3) is 0 Å². The van der Waals surface area contributed by atoms with Gasteiger partial charge in [0.1, 0.15) is 5.82 Å². The van der Waals surface area contributed by atoms with Crippen molar-refractivity contribution in [3.8, 4) is 0 Å². The Morgan fingerprint density at radius 3 is 2.90 bits per heavy atom. The van der Waals surface area contributed by atoms with E-state index < -0.39 is 0 Å². The van der Waals surface area contributed by atoms with Gasteiger partial charge in [0.2, 0.25) is 0 Å². The van der Waals surface area contributed by atoms with Crippen molar-refractivity contribution in [3.63, 3.8) is 0 Å². The first-order valence-electron chi connectivity index (χ1n) is 6.75. The van der Waals surface area contributed by atoms with Crippen LogP contribution in [0.25, 0.3) is 0 Å². The molecule has 4 heteroatoms. The molecule has 1 aromatic heterocycles. The highest BCUT2D eigenvalue weighted by molar-refractivity contribution is 8.00. The third kappa shape index (κ3) is 3.19. The van der Waals surface area contributed by atoms with Crippen LogP contribution < -0.4 is 0 Å². The molecule has 20 heavy (non-hydrogen) atoms. The molecule has 1 aliphatic rings. The molecule has 0 N–H and O–H groups in total. The molecule has 2 atom stereocenters. The minimum absolute atomic E-state index is 0.0710. The van der Waals surface area contributed by atoms with Crippen molar-refractivity contribution >= 4 is 11.8 Å². The lowest BCUT2D eigenvalue weighted by Gasteiger charge is -2.29. The zero-order valence-corrected chi connectivity index (χ0v) is 11.9. The van der Waals surface area contributed by atoms with Crippen LogP contribution in [0.2, 0.25) is 0 Å². The van der Waals surface area contributed by atoms with Gasteiger partial charge in [0.05, 0.1) is 6.10 Å². The van der Waals surface area contributed by atoms with Gasteiger partial charge < -0.3 is 4.74 Å². The molecule has 104 valence electrons. The minimum Gasteiger partial charge on any atom is -0.373 e. The second-order valence-electron chi connectivity index (χ2n) is 4.84. The Bertz CT molecular complexity index is 563. The summed E-state index contributed by atoms with van der Waals surface area (Å²) in [6.45, 7) is 0.714. The van der Waals surface area contributed by atoms with E-state index in [2.05, 4.69) is 4.98 Å². The molecule has 1 fully saturated rings. The molecule has 0 unspecified atom stereocenters. The monoisotopic (exact) mass is 289 g/mol. The zero-order valence-electron chi connectivity index (χ0n) is 11.0. The fourth-order valence-corrected chi connectivity index (χ4v) is 3.57.